The summed E-state index contributed by atoms with van der Waals surface area (Å²) in [6, 6.07) is 32.2. The Morgan fingerprint density at radius 1 is 0.872 bits per heavy atom. The predicted octanol–water partition coefficient (Wildman–Crippen LogP) is 7.48. The molecule has 6 rings (SSSR count). The molecule has 4 aromatic carbocycles. The molecular weight excluding hydrogens is 597 g/mol. The Hall–Kier alpha value is -4.17. The molecule has 2 aromatic heterocycles. The van der Waals surface area contributed by atoms with Crippen LogP contribution in [0.2, 0.25) is 0 Å². The molecule has 0 saturated carbocycles. The number of ether oxygens (including phenoxy) is 1. The van der Waals surface area contributed by atoms with Crippen LogP contribution in [-0.4, -0.2) is 21.2 Å². The zero-order valence-electron chi connectivity index (χ0n) is 21.6. The minimum atomic E-state index is -0.105. The normalized spacial score (nSPS) is 11.6. The van der Waals surface area contributed by atoms with Crippen LogP contribution in [0.1, 0.15) is 22.6 Å². The average Bonchev–Trinajstić information content (AvgIpc) is 3.23. The van der Waals surface area contributed by atoms with Crippen LogP contribution in [-0.2, 0) is 6.54 Å². The topological polar surface area (TPSA) is 49.0 Å². The molecular formula is C33H26IN3O2. The molecule has 0 aliphatic carbocycles. The number of hydrogen-bond donors (Lipinski definition) is 0. The third-order valence-electron chi connectivity index (χ3n) is 7.05. The van der Waals surface area contributed by atoms with E-state index in [2.05, 4.69) is 88.7 Å². The molecule has 0 aliphatic rings. The highest BCUT2D eigenvalue weighted by Gasteiger charge is 2.15. The van der Waals surface area contributed by atoms with Crippen LogP contribution in [0.4, 0.5) is 0 Å². The standard InChI is InChI=1S/C33H26IN3O2/c1-22-27(28-10-6-7-11-31(28)36(22)21-23-8-4-3-5-9-23)17-19-32-35-30-18-12-24(34)20-29(30)33(38)37(32)25-13-15-26(39-2)16-14-25/h3-20H,21H2,1-2H3. The Morgan fingerprint density at radius 2 is 1.62 bits per heavy atom. The lowest BCUT2D eigenvalue weighted by atomic mass is 10.1. The lowest BCUT2D eigenvalue weighted by Crippen LogP contribution is -2.22. The highest BCUT2D eigenvalue weighted by atomic mass is 127. The number of para-hydroxylation sites is 1. The van der Waals surface area contributed by atoms with Gasteiger partial charge in [0.05, 0.1) is 23.7 Å². The highest BCUT2D eigenvalue weighted by Crippen LogP contribution is 2.29. The van der Waals surface area contributed by atoms with Gasteiger partial charge < -0.3 is 9.30 Å². The Morgan fingerprint density at radius 3 is 2.38 bits per heavy atom. The Balaban J connectivity index is 1.52. The largest absolute Gasteiger partial charge is 0.497 e. The minimum absolute atomic E-state index is 0.105. The second kappa shape index (κ2) is 10.5. The summed E-state index contributed by atoms with van der Waals surface area (Å²) >= 11 is 2.23. The monoisotopic (exact) mass is 623 g/mol. The molecule has 0 amide bonds. The summed E-state index contributed by atoms with van der Waals surface area (Å²) in [6.45, 7) is 2.93. The van der Waals surface area contributed by atoms with Gasteiger partial charge in [-0.05, 0) is 95.8 Å². The van der Waals surface area contributed by atoms with Crippen molar-refractivity contribution >= 4 is 56.5 Å². The van der Waals surface area contributed by atoms with Crippen molar-refractivity contribution in [2.75, 3.05) is 7.11 Å². The summed E-state index contributed by atoms with van der Waals surface area (Å²) in [4.78, 5) is 18.7. The second-order valence-corrected chi connectivity index (χ2v) is 10.6. The number of benzene rings is 4. The van der Waals surface area contributed by atoms with Gasteiger partial charge in [-0.25, -0.2) is 4.98 Å². The van der Waals surface area contributed by atoms with Crippen molar-refractivity contribution in [2.24, 2.45) is 0 Å². The fourth-order valence-corrected chi connectivity index (χ4v) is 5.55. The number of halogens is 1. The van der Waals surface area contributed by atoms with E-state index < -0.39 is 0 Å². The number of aromatic nitrogens is 3. The molecule has 2 heterocycles. The summed E-state index contributed by atoms with van der Waals surface area (Å²) in [7, 11) is 1.63. The predicted molar refractivity (Wildman–Crippen MR) is 168 cm³/mol. The molecule has 0 spiro atoms. The first-order chi connectivity index (χ1) is 19.0. The van der Waals surface area contributed by atoms with Gasteiger partial charge in [0.15, 0.2) is 0 Å². The molecule has 0 N–H and O–H groups in total. The fraction of sp³-hybridized carbons (Fsp3) is 0.0909. The molecule has 0 fully saturated rings. The maximum Gasteiger partial charge on any atom is 0.266 e. The van der Waals surface area contributed by atoms with E-state index in [-0.39, 0.29) is 5.56 Å². The van der Waals surface area contributed by atoms with Crippen molar-refractivity contribution in [1.29, 1.82) is 0 Å². The molecule has 6 heteroatoms. The van der Waals surface area contributed by atoms with E-state index in [1.165, 1.54) is 11.1 Å². The van der Waals surface area contributed by atoms with Crippen LogP contribution in [0.15, 0.2) is 102 Å². The molecule has 0 saturated heterocycles. The summed E-state index contributed by atoms with van der Waals surface area (Å²) in [5, 5.41) is 1.75. The van der Waals surface area contributed by atoms with Gasteiger partial charge in [-0.2, -0.15) is 0 Å². The third kappa shape index (κ3) is 4.76. The van der Waals surface area contributed by atoms with E-state index in [1.54, 1.807) is 11.7 Å². The van der Waals surface area contributed by atoms with Crippen molar-refractivity contribution in [3.8, 4) is 11.4 Å². The summed E-state index contributed by atoms with van der Waals surface area (Å²) < 4.78 is 10.3. The van der Waals surface area contributed by atoms with Gasteiger partial charge in [-0.3, -0.25) is 9.36 Å². The fourth-order valence-electron chi connectivity index (χ4n) is 5.06. The Bertz CT molecular complexity index is 1900. The smallest absolute Gasteiger partial charge is 0.266 e. The quantitative estimate of drug-likeness (QED) is 0.181. The molecule has 6 aromatic rings. The third-order valence-corrected chi connectivity index (χ3v) is 7.72. The van der Waals surface area contributed by atoms with Crippen LogP contribution in [0, 0.1) is 10.5 Å². The first kappa shape index (κ1) is 25.1. The Kier molecular flexibility index (Phi) is 6.79. The van der Waals surface area contributed by atoms with Gasteiger partial charge in [0, 0.05) is 32.3 Å². The van der Waals surface area contributed by atoms with E-state index in [0.29, 0.717) is 16.7 Å². The summed E-state index contributed by atoms with van der Waals surface area (Å²) in [5.41, 5.74) is 5.99. The van der Waals surface area contributed by atoms with Crippen molar-refractivity contribution < 1.29 is 4.74 Å². The van der Waals surface area contributed by atoms with E-state index in [9.17, 15) is 4.79 Å². The van der Waals surface area contributed by atoms with Gasteiger partial charge in [0.25, 0.3) is 5.56 Å². The minimum Gasteiger partial charge on any atom is -0.497 e. The molecule has 0 atom stereocenters. The maximum absolute atomic E-state index is 13.8. The maximum atomic E-state index is 13.8. The van der Waals surface area contributed by atoms with Gasteiger partial charge in [0.1, 0.15) is 11.6 Å². The zero-order chi connectivity index (χ0) is 26.9. The number of rotatable bonds is 6. The molecule has 192 valence electrons. The SMILES string of the molecule is COc1ccc(-n2c(C=Cc3c(C)n(Cc4ccccc4)c4ccccc34)nc3ccc(I)cc3c2=O)cc1. The first-order valence-corrected chi connectivity index (χ1v) is 13.8. The van der Waals surface area contributed by atoms with Crippen LogP contribution in [0.3, 0.4) is 0 Å². The molecule has 39 heavy (non-hydrogen) atoms. The first-order valence-electron chi connectivity index (χ1n) is 12.7. The van der Waals surface area contributed by atoms with Crippen molar-refractivity contribution in [2.45, 2.75) is 13.5 Å². The van der Waals surface area contributed by atoms with Gasteiger partial charge >= 0.3 is 0 Å². The highest BCUT2D eigenvalue weighted by molar-refractivity contribution is 14.1. The van der Waals surface area contributed by atoms with E-state index in [0.717, 1.165) is 38.2 Å². The van der Waals surface area contributed by atoms with Crippen LogP contribution in [0.25, 0.3) is 39.6 Å². The van der Waals surface area contributed by atoms with Crippen LogP contribution >= 0.6 is 22.6 Å². The molecule has 0 radical (unpaired) electrons. The average molecular weight is 623 g/mol. The van der Waals surface area contributed by atoms with Crippen molar-refractivity contribution in [1.82, 2.24) is 14.1 Å². The number of nitrogens with zero attached hydrogens (tertiary/aromatic N) is 3. The summed E-state index contributed by atoms with van der Waals surface area (Å²) in [5.74, 6) is 1.30. The number of hydrogen-bond acceptors (Lipinski definition) is 3. The number of methoxy groups -OCH3 is 1. The van der Waals surface area contributed by atoms with Gasteiger partial charge in [-0.15, -0.1) is 0 Å². The molecule has 0 bridgehead atoms. The number of fused-ring (bicyclic) bond motifs is 2. The van der Waals surface area contributed by atoms with E-state index in [4.69, 9.17) is 9.72 Å². The van der Waals surface area contributed by atoms with Crippen molar-refractivity contribution in [3.05, 3.63) is 134 Å². The molecule has 5 nitrogen and oxygen atoms in total. The van der Waals surface area contributed by atoms with Crippen LogP contribution in [0.5, 0.6) is 5.75 Å². The lowest BCUT2D eigenvalue weighted by molar-refractivity contribution is 0.414. The van der Waals surface area contributed by atoms with E-state index >= 15 is 0 Å². The molecule has 0 unspecified atom stereocenters. The van der Waals surface area contributed by atoms with Crippen LogP contribution < -0.4 is 10.3 Å². The van der Waals surface area contributed by atoms with E-state index in [1.807, 2.05) is 54.6 Å². The zero-order valence-corrected chi connectivity index (χ0v) is 23.8. The molecule has 0 aliphatic heterocycles. The lowest BCUT2D eigenvalue weighted by Gasteiger charge is -2.12. The summed E-state index contributed by atoms with van der Waals surface area (Å²) in [6.07, 6.45) is 4.03. The van der Waals surface area contributed by atoms with Gasteiger partial charge in [0.2, 0.25) is 0 Å². The Labute approximate surface area is 240 Å². The van der Waals surface area contributed by atoms with Crippen molar-refractivity contribution in [3.63, 3.8) is 0 Å². The second-order valence-electron chi connectivity index (χ2n) is 9.39. The van der Waals surface area contributed by atoms with Gasteiger partial charge in [-0.1, -0.05) is 48.5 Å².